The summed E-state index contributed by atoms with van der Waals surface area (Å²) in [6.45, 7) is 0.612. The van der Waals surface area contributed by atoms with Gasteiger partial charge in [0.15, 0.2) is 0 Å². The van der Waals surface area contributed by atoms with Crippen molar-refractivity contribution >= 4 is 21.6 Å². The lowest BCUT2D eigenvalue weighted by molar-refractivity contribution is -0.137. The fourth-order valence-corrected chi connectivity index (χ4v) is 5.46. The summed E-state index contributed by atoms with van der Waals surface area (Å²) in [7, 11) is -2.34. The first-order chi connectivity index (χ1) is 13.6. The molecule has 1 saturated heterocycles. The van der Waals surface area contributed by atoms with Gasteiger partial charge in [0.1, 0.15) is 10.6 Å². The Bertz CT molecular complexity index is 954. The molecule has 0 atom stereocenters. The normalized spacial score (nSPS) is 16.7. The van der Waals surface area contributed by atoms with Crippen molar-refractivity contribution in [3.8, 4) is 5.75 Å². The molecule has 0 amide bonds. The first-order valence-corrected chi connectivity index (χ1v) is 10.9. The molecule has 29 heavy (non-hydrogen) atoms. The van der Waals surface area contributed by atoms with Crippen LogP contribution in [0, 0.1) is 5.92 Å². The Labute approximate surface area is 173 Å². The minimum Gasteiger partial charge on any atom is -0.497 e. The van der Waals surface area contributed by atoms with Crippen molar-refractivity contribution in [2.75, 3.05) is 20.2 Å². The van der Waals surface area contributed by atoms with E-state index < -0.39 is 26.8 Å². The van der Waals surface area contributed by atoms with Crippen LogP contribution in [0.15, 0.2) is 47.4 Å². The Morgan fingerprint density at radius 2 is 1.72 bits per heavy atom. The number of rotatable bonds is 5. The topological polar surface area (TPSA) is 46.6 Å². The molecule has 0 unspecified atom stereocenters. The van der Waals surface area contributed by atoms with Gasteiger partial charge in [-0.25, -0.2) is 8.42 Å². The molecular formula is C20H21ClF3NO3S. The van der Waals surface area contributed by atoms with Gasteiger partial charge in [-0.05, 0) is 61.1 Å². The zero-order chi connectivity index (χ0) is 21.2. The van der Waals surface area contributed by atoms with Gasteiger partial charge in [0.25, 0.3) is 0 Å². The Balaban J connectivity index is 1.66. The van der Waals surface area contributed by atoms with E-state index in [1.807, 2.05) is 24.3 Å². The maximum absolute atomic E-state index is 12.9. The van der Waals surface area contributed by atoms with E-state index in [1.165, 1.54) is 4.31 Å². The summed E-state index contributed by atoms with van der Waals surface area (Å²) in [4.78, 5) is -0.291. The van der Waals surface area contributed by atoms with Gasteiger partial charge in [0.2, 0.25) is 10.0 Å². The molecule has 9 heteroatoms. The summed E-state index contributed by atoms with van der Waals surface area (Å²) in [5, 5.41) is -0.416. The fraction of sp³-hybridized carbons (Fsp3) is 0.400. The predicted octanol–water partition coefficient (Wildman–Crippen LogP) is 5.01. The third kappa shape index (κ3) is 5.05. The van der Waals surface area contributed by atoms with Crippen molar-refractivity contribution in [1.29, 1.82) is 0 Å². The first kappa shape index (κ1) is 21.9. The standard InChI is InChI=1S/C20H21ClF3NO3S/c1-28-17-5-2-14(3-6-17)12-15-8-10-25(11-9-15)29(26,27)19-7-4-16(13-18(19)21)20(22,23)24/h2-7,13,15H,8-12H2,1H3. The highest BCUT2D eigenvalue weighted by Gasteiger charge is 2.34. The summed E-state index contributed by atoms with van der Waals surface area (Å²) in [6, 6.07) is 10.1. The van der Waals surface area contributed by atoms with Gasteiger partial charge in [-0.15, -0.1) is 0 Å². The summed E-state index contributed by atoms with van der Waals surface area (Å²) in [5.74, 6) is 1.11. The van der Waals surface area contributed by atoms with Crippen LogP contribution in [-0.4, -0.2) is 32.9 Å². The van der Waals surface area contributed by atoms with Crippen LogP contribution in [0.3, 0.4) is 0 Å². The Morgan fingerprint density at radius 1 is 1.10 bits per heavy atom. The maximum atomic E-state index is 12.9. The van der Waals surface area contributed by atoms with Crippen LogP contribution in [0.2, 0.25) is 5.02 Å². The first-order valence-electron chi connectivity index (χ1n) is 9.11. The quantitative estimate of drug-likeness (QED) is 0.647. The van der Waals surface area contributed by atoms with Crippen molar-refractivity contribution < 1.29 is 26.3 Å². The summed E-state index contributed by atoms with van der Waals surface area (Å²) in [6.07, 6.45) is -2.41. The molecule has 1 aliphatic heterocycles. The number of methoxy groups -OCH3 is 1. The van der Waals surface area contributed by atoms with E-state index in [9.17, 15) is 21.6 Å². The van der Waals surface area contributed by atoms with Crippen molar-refractivity contribution in [3.05, 3.63) is 58.6 Å². The third-order valence-corrected chi connectivity index (χ3v) is 7.52. The lowest BCUT2D eigenvalue weighted by Gasteiger charge is -2.31. The van der Waals surface area contributed by atoms with E-state index in [4.69, 9.17) is 16.3 Å². The zero-order valence-corrected chi connectivity index (χ0v) is 17.3. The Morgan fingerprint density at radius 3 is 2.24 bits per heavy atom. The number of nitrogens with zero attached hydrogens (tertiary/aromatic N) is 1. The highest BCUT2D eigenvalue weighted by atomic mass is 35.5. The molecule has 3 rings (SSSR count). The molecule has 0 bridgehead atoms. The molecule has 0 aliphatic carbocycles. The summed E-state index contributed by atoms with van der Waals surface area (Å²) < 4.78 is 70.5. The van der Waals surface area contributed by atoms with E-state index >= 15 is 0 Å². The van der Waals surface area contributed by atoms with Gasteiger partial charge in [-0.1, -0.05) is 23.7 Å². The molecule has 0 saturated carbocycles. The zero-order valence-electron chi connectivity index (χ0n) is 15.7. The Hall–Kier alpha value is -1.77. The van der Waals surface area contributed by atoms with Crippen molar-refractivity contribution in [1.82, 2.24) is 4.31 Å². The third-order valence-electron chi connectivity index (χ3n) is 5.13. The monoisotopic (exact) mass is 447 g/mol. The number of halogens is 4. The van der Waals surface area contributed by atoms with Crippen LogP contribution >= 0.6 is 11.6 Å². The lowest BCUT2D eigenvalue weighted by atomic mass is 9.91. The van der Waals surface area contributed by atoms with Crippen LogP contribution in [0.4, 0.5) is 13.2 Å². The highest BCUT2D eigenvalue weighted by Crippen LogP contribution is 2.35. The molecule has 0 radical (unpaired) electrons. The van der Waals surface area contributed by atoms with Crippen LogP contribution < -0.4 is 4.74 Å². The van der Waals surface area contributed by atoms with E-state index in [2.05, 4.69) is 0 Å². The number of alkyl halides is 3. The maximum Gasteiger partial charge on any atom is 0.416 e. The number of hydrogen-bond acceptors (Lipinski definition) is 3. The van der Waals surface area contributed by atoms with Gasteiger partial charge < -0.3 is 4.74 Å². The number of benzene rings is 2. The summed E-state index contributed by atoms with van der Waals surface area (Å²) in [5.41, 5.74) is 0.178. The van der Waals surface area contributed by atoms with Crippen molar-refractivity contribution in [3.63, 3.8) is 0 Å². The van der Waals surface area contributed by atoms with Gasteiger partial charge in [0.05, 0.1) is 17.7 Å². The molecule has 1 fully saturated rings. The number of sulfonamides is 1. The number of piperidine rings is 1. The second-order valence-electron chi connectivity index (χ2n) is 7.04. The van der Waals surface area contributed by atoms with E-state index in [-0.39, 0.29) is 4.90 Å². The van der Waals surface area contributed by atoms with Crippen LogP contribution in [0.1, 0.15) is 24.0 Å². The second kappa shape index (κ2) is 8.53. The van der Waals surface area contributed by atoms with E-state index in [0.29, 0.717) is 37.9 Å². The average Bonchev–Trinajstić information content (AvgIpc) is 2.68. The fourth-order valence-electron chi connectivity index (χ4n) is 3.47. The smallest absolute Gasteiger partial charge is 0.416 e. The average molecular weight is 448 g/mol. The van der Waals surface area contributed by atoms with Gasteiger partial charge in [0, 0.05) is 13.1 Å². The van der Waals surface area contributed by atoms with E-state index in [1.54, 1.807) is 7.11 Å². The van der Waals surface area contributed by atoms with Gasteiger partial charge in [-0.2, -0.15) is 17.5 Å². The lowest BCUT2D eigenvalue weighted by Crippen LogP contribution is -2.39. The van der Waals surface area contributed by atoms with E-state index in [0.717, 1.165) is 29.9 Å². The number of ether oxygens (including phenoxy) is 1. The van der Waals surface area contributed by atoms with Crippen LogP contribution in [0.25, 0.3) is 0 Å². The van der Waals surface area contributed by atoms with Gasteiger partial charge >= 0.3 is 6.18 Å². The molecule has 1 aliphatic rings. The molecule has 0 spiro atoms. The molecule has 0 N–H and O–H groups in total. The molecule has 2 aromatic rings. The Kier molecular flexibility index (Phi) is 6.45. The van der Waals surface area contributed by atoms with Crippen molar-refractivity contribution in [2.24, 2.45) is 5.92 Å². The van der Waals surface area contributed by atoms with Crippen LogP contribution in [-0.2, 0) is 22.6 Å². The minimum atomic E-state index is -4.58. The molecule has 4 nitrogen and oxygen atoms in total. The molecular weight excluding hydrogens is 427 g/mol. The molecule has 158 valence electrons. The largest absolute Gasteiger partial charge is 0.497 e. The summed E-state index contributed by atoms with van der Waals surface area (Å²) >= 11 is 5.88. The molecule has 2 aromatic carbocycles. The highest BCUT2D eigenvalue weighted by molar-refractivity contribution is 7.89. The SMILES string of the molecule is COc1ccc(CC2CCN(S(=O)(=O)c3ccc(C(F)(F)F)cc3Cl)CC2)cc1. The van der Waals surface area contributed by atoms with Crippen LogP contribution in [0.5, 0.6) is 5.75 Å². The molecule has 0 aromatic heterocycles. The second-order valence-corrected chi connectivity index (χ2v) is 9.36. The van der Waals surface area contributed by atoms with Crippen molar-refractivity contribution in [2.45, 2.75) is 30.3 Å². The number of hydrogen-bond donors (Lipinski definition) is 0. The minimum absolute atomic E-state index is 0.291. The molecule has 1 heterocycles. The van der Waals surface area contributed by atoms with Gasteiger partial charge in [-0.3, -0.25) is 0 Å². The predicted molar refractivity (Wildman–Crippen MR) is 105 cm³/mol.